The number of rotatable bonds is 7. The summed E-state index contributed by atoms with van der Waals surface area (Å²) < 4.78 is 27.8. The third kappa shape index (κ3) is 6.87. The minimum atomic E-state index is -3.09. The largest absolute Gasteiger partial charge is 0.465 e. The van der Waals surface area contributed by atoms with Crippen LogP contribution >= 0.6 is 11.6 Å². The normalized spacial score (nSPS) is 12.0. The van der Waals surface area contributed by atoms with Gasteiger partial charge < -0.3 is 20.5 Å². The molecule has 0 spiro atoms. The zero-order valence-electron chi connectivity index (χ0n) is 10.7. The highest BCUT2D eigenvalue weighted by Crippen LogP contribution is 2.09. The number of benzene rings is 1. The summed E-state index contributed by atoms with van der Waals surface area (Å²) in [6, 6.07) is 5.14. The van der Waals surface area contributed by atoms with Crippen molar-refractivity contribution in [2.45, 2.75) is 19.2 Å². The number of amides is 2. The minimum Gasteiger partial charge on any atom is -0.465 e. The number of hydrogen-bond acceptors (Lipinski definition) is 3. The van der Waals surface area contributed by atoms with Gasteiger partial charge in [0.2, 0.25) is 5.91 Å². The van der Waals surface area contributed by atoms with Crippen molar-refractivity contribution in [2.24, 2.45) is 0 Å². The van der Waals surface area contributed by atoms with Crippen molar-refractivity contribution >= 4 is 23.6 Å². The maximum atomic E-state index is 11.9. The van der Waals surface area contributed by atoms with Gasteiger partial charge in [-0.05, 0) is 17.7 Å². The van der Waals surface area contributed by atoms with Crippen LogP contribution in [0.3, 0.4) is 0 Å². The van der Waals surface area contributed by atoms with E-state index >= 15 is 0 Å². The van der Waals surface area contributed by atoms with E-state index in [4.69, 9.17) is 16.7 Å². The summed E-state index contributed by atoms with van der Waals surface area (Å²) in [5, 5.41) is 13.3. The first-order valence-corrected chi connectivity index (χ1v) is 6.17. The SMILES string of the molecule is O=C(O)N[C@H](COC(F)F)C(=O)NCc1ccc(Cl)cc1. The van der Waals surface area contributed by atoms with E-state index in [0.717, 1.165) is 5.56 Å². The first-order chi connectivity index (χ1) is 9.88. The molecule has 0 aliphatic rings. The molecule has 6 nitrogen and oxygen atoms in total. The summed E-state index contributed by atoms with van der Waals surface area (Å²) in [5.74, 6) is -0.770. The molecule has 2 amide bonds. The highest BCUT2D eigenvalue weighted by molar-refractivity contribution is 6.30. The third-order valence-electron chi connectivity index (χ3n) is 2.38. The fourth-order valence-corrected chi connectivity index (χ4v) is 1.54. The summed E-state index contributed by atoms with van der Waals surface area (Å²) in [4.78, 5) is 22.3. The number of nitrogens with one attached hydrogen (secondary N) is 2. The van der Waals surface area contributed by atoms with Crippen LogP contribution in [0.4, 0.5) is 13.6 Å². The van der Waals surface area contributed by atoms with Crippen molar-refractivity contribution in [3.63, 3.8) is 0 Å². The van der Waals surface area contributed by atoms with Gasteiger partial charge in [0.1, 0.15) is 6.04 Å². The Morgan fingerprint density at radius 1 is 1.29 bits per heavy atom. The Morgan fingerprint density at radius 2 is 1.90 bits per heavy atom. The van der Waals surface area contributed by atoms with Crippen LogP contribution in [-0.4, -0.2) is 36.4 Å². The van der Waals surface area contributed by atoms with Gasteiger partial charge in [-0.25, -0.2) is 4.79 Å². The van der Waals surface area contributed by atoms with Gasteiger partial charge in [0, 0.05) is 11.6 Å². The Hall–Kier alpha value is -1.93. The Bertz CT molecular complexity index is 485. The van der Waals surface area contributed by atoms with Crippen LogP contribution in [0.25, 0.3) is 0 Å². The van der Waals surface area contributed by atoms with E-state index in [2.05, 4.69) is 10.1 Å². The molecule has 0 saturated carbocycles. The molecule has 0 aliphatic carbocycles. The summed E-state index contributed by atoms with van der Waals surface area (Å²) in [6.45, 7) is -3.76. The molecule has 0 unspecified atom stereocenters. The van der Waals surface area contributed by atoms with E-state index in [1.54, 1.807) is 29.6 Å². The second kappa shape index (κ2) is 8.38. The molecule has 1 atom stereocenters. The molecule has 0 fully saturated rings. The van der Waals surface area contributed by atoms with Gasteiger partial charge >= 0.3 is 12.7 Å². The van der Waals surface area contributed by atoms with Crippen molar-refractivity contribution in [1.29, 1.82) is 0 Å². The summed E-state index contributed by atoms with van der Waals surface area (Å²) in [7, 11) is 0. The van der Waals surface area contributed by atoms with Gasteiger partial charge in [-0.1, -0.05) is 23.7 Å². The molecule has 0 aliphatic heterocycles. The molecule has 3 N–H and O–H groups in total. The van der Waals surface area contributed by atoms with Crippen LogP contribution in [-0.2, 0) is 16.1 Å². The lowest BCUT2D eigenvalue weighted by Crippen LogP contribution is -2.49. The van der Waals surface area contributed by atoms with Gasteiger partial charge in [-0.15, -0.1) is 0 Å². The first-order valence-electron chi connectivity index (χ1n) is 5.80. The molecular weight excluding hydrogens is 310 g/mol. The average Bonchev–Trinajstić information content (AvgIpc) is 2.42. The second-order valence-corrected chi connectivity index (χ2v) is 4.38. The molecule has 1 aromatic carbocycles. The minimum absolute atomic E-state index is 0.0997. The number of ether oxygens (including phenoxy) is 1. The van der Waals surface area contributed by atoms with E-state index < -0.39 is 31.3 Å². The van der Waals surface area contributed by atoms with Crippen LogP contribution in [0.1, 0.15) is 5.56 Å². The Morgan fingerprint density at radius 3 is 2.43 bits per heavy atom. The summed E-state index contributed by atoms with van der Waals surface area (Å²) in [6.07, 6.45) is -1.51. The number of carbonyl (C=O) groups excluding carboxylic acids is 1. The molecule has 116 valence electrons. The van der Waals surface area contributed by atoms with Crippen molar-refractivity contribution in [1.82, 2.24) is 10.6 Å². The van der Waals surface area contributed by atoms with Crippen molar-refractivity contribution < 1.29 is 28.2 Å². The lowest BCUT2D eigenvalue weighted by atomic mass is 10.2. The highest BCUT2D eigenvalue weighted by atomic mass is 35.5. The van der Waals surface area contributed by atoms with Gasteiger partial charge in [0.05, 0.1) is 6.61 Å². The zero-order chi connectivity index (χ0) is 15.8. The molecule has 0 radical (unpaired) electrons. The molecule has 0 bridgehead atoms. The van der Waals surface area contributed by atoms with Gasteiger partial charge in [0.15, 0.2) is 0 Å². The second-order valence-electron chi connectivity index (χ2n) is 3.94. The molecular formula is C12H13ClF2N2O4. The number of halogens is 3. The van der Waals surface area contributed by atoms with Crippen LogP contribution in [0.5, 0.6) is 0 Å². The van der Waals surface area contributed by atoms with E-state index in [0.29, 0.717) is 5.02 Å². The Kier molecular flexibility index (Phi) is 6.83. The lowest BCUT2D eigenvalue weighted by molar-refractivity contribution is -0.143. The predicted octanol–water partition coefficient (Wildman–Crippen LogP) is 1.83. The molecule has 21 heavy (non-hydrogen) atoms. The van der Waals surface area contributed by atoms with Crippen LogP contribution in [0.2, 0.25) is 5.02 Å². The zero-order valence-corrected chi connectivity index (χ0v) is 11.4. The topological polar surface area (TPSA) is 87.7 Å². The molecule has 1 rings (SSSR count). The molecule has 0 heterocycles. The molecule has 0 aromatic heterocycles. The van der Waals surface area contributed by atoms with Crippen LogP contribution in [0.15, 0.2) is 24.3 Å². The maximum Gasteiger partial charge on any atom is 0.405 e. The van der Waals surface area contributed by atoms with E-state index in [9.17, 15) is 18.4 Å². The van der Waals surface area contributed by atoms with Gasteiger partial charge in [0.25, 0.3) is 0 Å². The molecule has 0 saturated heterocycles. The van der Waals surface area contributed by atoms with Crippen LogP contribution in [0, 0.1) is 0 Å². The summed E-state index contributed by atoms with van der Waals surface area (Å²) in [5.41, 5.74) is 0.719. The number of alkyl halides is 2. The van der Waals surface area contributed by atoms with Crippen LogP contribution < -0.4 is 10.6 Å². The molecule has 1 aromatic rings. The Labute approximate surface area is 124 Å². The standard InChI is InChI=1S/C12H13ClF2N2O4/c13-8-3-1-7(2-4-8)5-16-10(18)9(17-12(19)20)6-21-11(14)15/h1-4,9,11,17H,5-6H2,(H,16,18)(H,19,20)/t9-/m1/s1. The Balaban J connectivity index is 2.54. The monoisotopic (exact) mass is 322 g/mol. The molecule has 9 heteroatoms. The summed E-state index contributed by atoms with van der Waals surface area (Å²) >= 11 is 5.70. The van der Waals surface area contributed by atoms with Gasteiger partial charge in [-0.3, -0.25) is 4.79 Å². The van der Waals surface area contributed by atoms with Crippen molar-refractivity contribution in [3.05, 3.63) is 34.9 Å². The van der Waals surface area contributed by atoms with E-state index in [-0.39, 0.29) is 6.54 Å². The maximum absolute atomic E-state index is 11.9. The third-order valence-corrected chi connectivity index (χ3v) is 2.64. The van der Waals surface area contributed by atoms with E-state index in [1.165, 1.54) is 0 Å². The number of carboxylic acid groups (broad SMARTS) is 1. The first kappa shape index (κ1) is 17.1. The lowest BCUT2D eigenvalue weighted by Gasteiger charge is -2.16. The highest BCUT2D eigenvalue weighted by Gasteiger charge is 2.22. The fourth-order valence-electron chi connectivity index (χ4n) is 1.42. The average molecular weight is 323 g/mol. The number of hydrogen-bond donors (Lipinski definition) is 3. The smallest absolute Gasteiger partial charge is 0.405 e. The van der Waals surface area contributed by atoms with E-state index in [1.807, 2.05) is 0 Å². The van der Waals surface area contributed by atoms with Crippen molar-refractivity contribution in [3.8, 4) is 0 Å². The van der Waals surface area contributed by atoms with Gasteiger partial charge in [-0.2, -0.15) is 8.78 Å². The van der Waals surface area contributed by atoms with Crippen molar-refractivity contribution in [2.75, 3.05) is 6.61 Å². The fraction of sp³-hybridized carbons (Fsp3) is 0.333. The quantitative estimate of drug-likeness (QED) is 0.714. The number of carbonyl (C=O) groups is 2. The predicted molar refractivity (Wildman–Crippen MR) is 70.2 cm³/mol.